The van der Waals surface area contributed by atoms with Crippen LogP contribution in [0.2, 0.25) is 0 Å². The van der Waals surface area contributed by atoms with E-state index in [1.165, 1.54) is 46.4 Å². The molecule has 0 radical (unpaired) electrons. The largest absolute Gasteiger partial charge is 0.459 e. The van der Waals surface area contributed by atoms with E-state index in [0.717, 1.165) is 17.7 Å². The second-order valence-electron chi connectivity index (χ2n) is 8.56. The number of carbonyl (C=O) groups excluding carboxylic acids is 2. The molecule has 1 aliphatic heterocycles. The van der Waals surface area contributed by atoms with Crippen LogP contribution in [0.1, 0.15) is 27.2 Å². The molecule has 0 unspecified atom stereocenters. The first-order chi connectivity index (χ1) is 17.5. The van der Waals surface area contributed by atoms with Gasteiger partial charge in [-0.15, -0.1) is 0 Å². The van der Waals surface area contributed by atoms with Gasteiger partial charge in [0.05, 0.1) is 23.3 Å². The Kier molecular flexibility index (Phi) is 7.30. The molecule has 0 bridgehead atoms. The number of hydrogen-bond acceptors (Lipinski definition) is 5. The number of alkyl halides is 3. The Hall–Kier alpha value is -3.80. The Balaban J connectivity index is 1.60. The van der Waals surface area contributed by atoms with Gasteiger partial charge in [0, 0.05) is 26.2 Å². The van der Waals surface area contributed by atoms with E-state index in [2.05, 4.69) is 0 Å². The molecule has 1 saturated heterocycles. The van der Waals surface area contributed by atoms with Crippen LogP contribution in [0.5, 0.6) is 0 Å². The van der Waals surface area contributed by atoms with Crippen LogP contribution in [-0.2, 0) is 22.7 Å². The maximum absolute atomic E-state index is 13.5. The number of nitrogens with zero attached hydrogens (tertiary/aromatic N) is 3. The fraction of sp³-hybridized carbons (Fsp3) is 0.280. The number of piperazine rings is 1. The topological polar surface area (TPSA) is 91.1 Å². The number of amides is 3. The van der Waals surface area contributed by atoms with Crippen molar-refractivity contribution in [1.29, 1.82) is 0 Å². The molecule has 0 saturated carbocycles. The van der Waals surface area contributed by atoms with Crippen molar-refractivity contribution in [2.75, 3.05) is 26.2 Å². The van der Waals surface area contributed by atoms with Gasteiger partial charge in [-0.2, -0.15) is 13.2 Å². The number of benzene rings is 2. The van der Waals surface area contributed by atoms with Crippen molar-refractivity contribution in [3.05, 3.63) is 89.4 Å². The van der Waals surface area contributed by atoms with Crippen LogP contribution in [0.15, 0.2) is 76.2 Å². The molecule has 1 fully saturated rings. The predicted molar refractivity (Wildman–Crippen MR) is 127 cm³/mol. The van der Waals surface area contributed by atoms with E-state index < -0.39 is 34.3 Å². The highest BCUT2D eigenvalue weighted by Crippen LogP contribution is 2.30. The summed E-state index contributed by atoms with van der Waals surface area (Å²) in [6.45, 7) is 1.51. The lowest BCUT2D eigenvalue weighted by atomic mass is 10.1. The minimum absolute atomic E-state index is 0.00509. The van der Waals surface area contributed by atoms with E-state index >= 15 is 0 Å². The molecule has 37 heavy (non-hydrogen) atoms. The predicted octanol–water partition coefficient (Wildman–Crippen LogP) is 4.38. The van der Waals surface area contributed by atoms with Gasteiger partial charge in [-0.05, 0) is 48.9 Å². The summed E-state index contributed by atoms with van der Waals surface area (Å²) in [6.07, 6.45) is -3.26. The molecule has 0 spiro atoms. The van der Waals surface area contributed by atoms with E-state index in [9.17, 15) is 31.2 Å². The molecule has 8 nitrogen and oxygen atoms in total. The first-order valence-corrected chi connectivity index (χ1v) is 12.8. The molecule has 2 aromatic carbocycles. The van der Waals surface area contributed by atoms with Gasteiger partial charge in [0.1, 0.15) is 0 Å². The zero-order chi connectivity index (χ0) is 26.8. The number of carbonyl (C=O) groups is 2. The number of furan rings is 1. The third-order valence-electron chi connectivity index (χ3n) is 5.97. The molecule has 3 aromatic rings. The Morgan fingerprint density at radius 2 is 1.59 bits per heavy atom. The first-order valence-electron chi connectivity index (χ1n) is 11.3. The van der Waals surface area contributed by atoms with Crippen molar-refractivity contribution in [1.82, 2.24) is 14.1 Å². The van der Waals surface area contributed by atoms with Crippen LogP contribution in [0.25, 0.3) is 0 Å². The Morgan fingerprint density at radius 3 is 2.19 bits per heavy atom. The minimum Gasteiger partial charge on any atom is -0.459 e. The second kappa shape index (κ2) is 10.3. The average Bonchev–Trinajstić information content (AvgIpc) is 3.41. The van der Waals surface area contributed by atoms with Crippen LogP contribution >= 0.6 is 0 Å². The van der Waals surface area contributed by atoms with Crippen molar-refractivity contribution >= 4 is 22.0 Å². The van der Waals surface area contributed by atoms with Crippen molar-refractivity contribution in [2.45, 2.75) is 24.5 Å². The van der Waals surface area contributed by atoms with Crippen LogP contribution < -0.4 is 0 Å². The van der Waals surface area contributed by atoms with Crippen molar-refractivity contribution < 1.29 is 35.6 Å². The zero-order valence-electron chi connectivity index (χ0n) is 19.8. The molecular weight excluding hydrogens is 511 g/mol. The quantitative estimate of drug-likeness (QED) is 0.484. The molecular formula is C25H24F3N3O5S. The van der Waals surface area contributed by atoms with E-state index in [1.54, 1.807) is 25.1 Å². The van der Waals surface area contributed by atoms with Crippen LogP contribution in [-0.4, -0.2) is 60.6 Å². The zero-order valence-corrected chi connectivity index (χ0v) is 20.6. The minimum atomic E-state index is -4.63. The Labute approximate surface area is 211 Å². The molecule has 1 aromatic heterocycles. The smallest absolute Gasteiger partial charge is 0.416 e. The van der Waals surface area contributed by atoms with Gasteiger partial charge < -0.3 is 14.2 Å². The van der Waals surface area contributed by atoms with Crippen molar-refractivity contribution in [2.24, 2.45) is 0 Å². The molecule has 12 heteroatoms. The summed E-state index contributed by atoms with van der Waals surface area (Å²) >= 11 is 0. The van der Waals surface area contributed by atoms with Crippen LogP contribution in [0.4, 0.5) is 18.0 Å². The third kappa shape index (κ3) is 5.79. The normalized spacial score (nSPS) is 14.5. The standard InChI is InChI=1S/C25H24F3N3O5S/c1-18-7-9-21(10-8-18)37(34,35)31(17-19-4-2-5-20(16-19)25(26,27)28)24(33)30-13-11-29(12-14-30)23(32)22-6-3-15-36-22/h2-10,15-16H,11-14,17H2,1H3. The van der Waals surface area contributed by atoms with Crippen molar-refractivity contribution in [3.8, 4) is 0 Å². The number of rotatable bonds is 5. The second-order valence-corrected chi connectivity index (χ2v) is 10.4. The molecule has 0 N–H and O–H groups in total. The number of sulfonamides is 1. The lowest BCUT2D eigenvalue weighted by molar-refractivity contribution is -0.137. The van der Waals surface area contributed by atoms with Gasteiger partial charge in [0.2, 0.25) is 0 Å². The first kappa shape index (κ1) is 26.3. The highest BCUT2D eigenvalue weighted by atomic mass is 32.2. The van der Waals surface area contributed by atoms with Gasteiger partial charge in [0.25, 0.3) is 15.9 Å². The van der Waals surface area contributed by atoms with Crippen LogP contribution in [0, 0.1) is 6.92 Å². The molecule has 2 heterocycles. The lowest BCUT2D eigenvalue weighted by Crippen LogP contribution is -2.54. The maximum atomic E-state index is 13.5. The fourth-order valence-electron chi connectivity index (χ4n) is 3.92. The summed E-state index contributed by atoms with van der Waals surface area (Å²) < 4.78 is 72.5. The van der Waals surface area contributed by atoms with Gasteiger partial charge in [-0.3, -0.25) is 4.79 Å². The number of aryl methyl sites for hydroxylation is 1. The Morgan fingerprint density at radius 1 is 0.946 bits per heavy atom. The lowest BCUT2D eigenvalue weighted by Gasteiger charge is -2.37. The highest BCUT2D eigenvalue weighted by molar-refractivity contribution is 7.89. The summed E-state index contributed by atoms with van der Waals surface area (Å²) in [4.78, 5) is 28.6. The van der Waals surface area contributed by atoms with Gasteiger partial charge in [-0.1, -0.05) is 29.8 Å². The number of halogens is 3. The molecule has 4 rings (SSSR count). The summed E-state index contributed by atoms with van der Waals surface area (Å²) in [5.74, 6) is -0.210. The fourth-order valence-corrected chi connectivity index (χ4v) is 5.29. The summed E-state index contributed by atoms with van der Waals surface area (Å²) in [7, 11) is -4.41. The van der Waals surface area contributed by atoms with E-state index in [0.29, 0.717) is 4.31 Å². The number of urea groups is 1. The maximum Gasteiger partial charge on any atom is 0.416 e. The number of hydrogen-bond donors (Lipinski definition) is 0. The summed E-state index contributed by atoms with van der Waals surface area (Å²) in [6, 6.07) is 12.2. The van der Waals surface area contributed by atoms with E-state index in [-0.39, 0.29) is 48.3 Å². The highest BCUT2D eigenvalue weighted by Gasteiger charge is 2.36. The van der Waals surface area contributed by atoms with E-state index in [1.807, 2.05) is 0 Å². The monoisotopic (exact) mass is 535 g/mol. The molecule has 0 atom stereocenters. The van der Waals surface area contributed by atoms with Crippen molar-refractivity contribution in [3.63, 3.8) is 0 Å². The molecule has 3 amide bonds. The van der Waals surface area contributed by atoms with E-state index in [4.69, 9.17) is 4.42 Å². The SMILES string of the molecule is Cc1ccc(S(=O)(=O)N(Cc2cccc(C(F)(F)F)c2)C(=O)N2CCN(C(=O)c3ccco3)CC2)cc1. The summed E-state index contributed by atoms with van der Waals surface area (Å²) in [5, 5.41) is 0. The molecule has 1 aliphatic rings. The molecule has 196 valence electrons. The van der Waals surface area contributed by atoms with Crippen LogP contribution in [0.3, 0.4) is 0 Å². The third-order valence-corrected chi connectivity index (χ3v) is 7.71. The Bertz CT molecular complexity index is 1370. The van der Waals surface area contributed by atoms with Gasteiger partial charge >= 0.3 is 12.2 Å². The van der Waals surface area contributed by atoms with Gasteiger partial charge in [-0.25, -0.2) is 17.5 Å². The average molecular weight is 536 g/mol. The van der Waals surface area contributed by atoms with Gasteiger partial charge in [0.15, 0.2) is 5.76 Å². The summed E-state index contributed by atoms with van der Waals surface area (Å²) in [5.41, 5.74) is -0.146. The molecule has 0 aliphatic carbocycles.